The van der Waals surface area contributed by atoms with Crippen molar-refractivity contribution in [1.29, 1.82) is 0 Å². The largest absolute Gasteiger partial charge is 0.329 e. The summed E-state index contributed by atoms with van der Waals surface area (Å²) in [5.74, 6) is 0. The molecule has 0 bridgehead atoms. The standard InChI is InChI=1S/C8H9Cl2N/c9-7-3-1-6(2-4-7)8(10)5-11/h1-4,8H,5,11H2. The number of benzene rings is 1. The molecule has 1 aromatic rings. The predicted molar refractivity (Wildman–Crippen MR) is 49.1 cm³/mol. The van der Waals surface area contributed by atoms with Crippen LogP contribution in [0, 0.1) is 0 Å². The van der Waals surface area contributed by atoms with Crippen molar-refractivity contribution in [3.63, 3.8) is 0 Å². The smallest absolute Gasteiger partial charge is 0.0707 e. The molecule has 1 rings (SSSR count). The van der Waals surface area contributed by atoms with Crippen LogP contribution in [0.4, 0.5) is 0 Å². The molecule has 60 valence electrons. The van der Waals surface area contributed by atoms with Gasteiger partial charge in [-0.15, -0.1) is 11.6 Å². The van der Waals surface area contributed by atoms with E-state index in [0.717, 1.165) is 10.6 Å². The van der Waals surface area contributed by atoms with Crippen LogP contribution in [-0.2, 0) is 0 Å². The molecule has 0 aliphatic rings. The van der Waals surface area contributed by atoms with Gasteiger partial charge in [-0.25, -0.2) is 0 Å². The highest BCUT2D eigenvalue weighted by atomic mass is 35.5. The molecule has 0 fully saturated rings. The van der Waals surface area contributed by atoms with Crippen LogP contribution in [0.5, 0.6) is 0 Å². The average Bonchev–Trinajstić information content (AvgIpc) is 2.05. The van der Waals surface area contributed by atoms with E-state index in [1.807, 2.05) is 24.3 Å². The molecular formula is C8H9Cl2N. The Morgan fingerprint density at radius 1 is 1.27 bits per heavy atom. The fourth-order valence-corrected chi connectivity index (χ4v) is 1.08. The van der Waals surface area contributed by atoms with Crippen molar-refractivity contribution < 1.29 is 0 Å². The van der Waals surface area contributed by atoms with E-state index in [9.17, 15) is 0 Å². The molecule has 0 heterocycles. The van der Waals surface area contributed by atoms with Crippen LogP contribution in [0.2, 0.25) is 5.02 Å². The highest BCUT2D eigenvalue weighted by Crippen LogP contribution is 2.20. The van der Waals surface area contributed by atoms with Crippen molar-refractivity contribution in [2.75, 3.05) is 6.54 Å². The summed E-state index contributed by atoms with van der Waals surface area (Å²) in [5.41, 5.74) is 6.39. The van der Waals surface area contributed by atoms with E-state index in [2.05, 4.69) is 0 Å². The Morgan fingerprint density at radius 2 is 1.82 bits per heavy atom. The third kappa shape index (κ3) is 2.37. The van der Waals surface area contributed by atoms with Gasteiger partial charge in [0, 0.05) is 11.6 Å². The van der Waals surface area contributed by atoms with Gasteiger partial charge >= 0.3 is 0 Å². The summed E-state index contributed by atoms with van der Waals surface area (Å²) in [7, 11) is 0. The Labute approximate surface area is 76.1 Å². The maximum absolute atomic E-state index is 5.87. The lowest BCUT2D eigenvalue weighted by molar-refractivity contribution is 0.930. The SMILES string of the molecule is NCC(Cl)c1ccc(Cl)cc1. The molecule has 0 aromatic heterocycles. The molecular weight excluding hydrogens is 181 g/mol. The molecule has 0 amide bonds. The summed E-state index contributed by atoms with van der Waals surface area (Å²) in [6.45, 7) is 0.448. The van der Waals surface area contributed by atoms with Crippen LogP contribution in [-0.4, -0.2) is 6.54 Å². The molecule has 0 radical (unpaired) electrons. The van der Waals surface area contributed by atoms with Gasteiger partial charge in [-0.3, -0.25) is 0 Å². The molecule has 1 unspecified atom stereocenters. The monoisotopic (exact) mass is 189 g/mol. The molecule has 1 atom stereocenters. The van der Waals surface area contributed by atoms with Gasteiger partial charge in [-0.2, -0.15) is 0 Å². The molecule has 0 saturated heterocycles. The Balaban J connectivity index is 2.81. The first-order valence-electron chi connectivity index (χ1n) is 3.33. The molecule has 0 saturated carbocycles. The third-order valence-corrected chi connectivity index (χ3v) is 2.12. The number of halogens is 2. The second-order valence-electron chi connectivity index (χ2n) is 2.25. The maximum Gasteiger partial charge on any atom is 0.0707 e. The van der Waals surface area contributed by atoms with E-state index in [0.29, 0.717) is 6.54 Å². The first-order chi connectivity index (χ1) is 5.24. The zero-order valence-electron chi connectivity index (χ0n) is 5.93. The maximum atomic E-state index is 5.87. The van der Waals surface area contributed by atoms with Gasteiger partial charge in [0.1, 0.15) is 0 Å². The molecule has 0 spiro atoms. The van der Waals surface area contributed by atoms with Gasteiger partial charge in [0.15, 0.2) is 0 Å². The molecule has 3 heteroatoms. The fourth-order valence-electron chi connectivity index (χ4n) is 0.808. The second-order valence-corrected chi connectivity index (χ2v) is 3.22. The van der Waals surface area contributed by atoms with Crippen molar-refractivity contribution in [3.05, 3.63) is 34.9 Å². The summed E-state index contributed by atoms with van der Waals surface area (Å²) in [4.78, 5) is 0. The van der Waals surface area contributed by atoms with Gasteiger partial charge in [0.25, 0.3) is 0 Å². The highest BCUT2D eigenvalue weighted by Gasteiger charge is 2.03. The van der Waals surface area contributed by atoms with E-state index in [-0.39, 0.29) is 5.38 Å². The lowest BCUT2D eigenvalue weighted by Gasteiger charge is -2.05. The minimum atomic E-state index is -0.104. The normalized spacial score (nSPS) is 13.0. The number of rotatable bonds is 2. The lowest BCUT2D eigenvalue weighted by Crippen LogP contribution is -2.06. The molecule has 11 heavy (non-hydrogen) atoms. The van der Waals surface area contributed by atoms with E-state index in [1.54, 1.807) is 0 Å². The fraction of sp³-hybridized carbons (Fsp3) is 0.250. The van der Waals surface area contributed by atoms with Gasteiger partial charge in [-0.05, 0) is 17.7 Å². The van der Waals surface area contributed by atoms with E-state index in [4.69, 9.17) is 28.9 Å². The Bertz CT molecular complexity index is 220. The van der Waals surface area contributed by atoms with Gasteiger partial charge in [0.2, 0.25) is 0 Å². The Hall–Kier alpha value is -0.240. The number of hydrogen-bond acceptors (Lipinski definition) is 1. The summed E-state index contributed by atoms with van der Waals surface area (Å²) >= 11 is 11.6. The van der Waals surface area contributed by atoms with Crippen LogP contribution >= 0.6 is 23.2 Å². The summed E-state index contributed by atoms with van der Waals surface area (Å²) < 4.78 is 0. The van der Waals surface area contributed by atoms with Crippen molar-refractivity contribution in [2.45, 2.75) is 5.38 Å². The first-order valence-corrected chi connectivity index (χ1v) is 4.15. The lowest BCUT2D eigenvalue weighted by atomic mass is 10.1. The Morgan fingerprint density at radius 3 is 2.27 bits per heavy atom. The number of alkyl halides is 1. The van der Waals surface area contributed by atoms with Crippen molar-refractivity contribution in [3.8, 4) is 0 Å². The molecule has 1 aromatic carbocycles. The Kier molecular flexibility index (Phi) is 3.18. The zero-order valence-corrected chi connectivity index (χ0v) is 7.44. The van der Waals surface area contributed by atoms with Crippen LogP contribution in [0.15, 0.2) is 24.3 Å². The highest BCUT2D eigenvalue weighted by molar-refractivity contribution is 6.30. The minimum absolute atomic E-state index is 0.104. The predicted octanol–water partition coefficient (Wildman–Crippen LogP) is 2.58. The second kappa shape index (κ2) is 3.96. The minimum Gasteiger partial charge on any atom is -0.329 e. The summed E-state index contributed by atoms with van der Waals surface area (Å²) in [6, 6.07) is 7.38. The third-order valence-electron chi connectivity index (χ3n) is 1.44. The number of nitrogens with two attached hydrogens (primary N) is 1. The average molecular weight is 190 g/mol. The van der Waals surface area contributed by atoms with E-state index >= 15 is 0 Å². The summed E-state index contributed by atoms with van der Waals surface area (Å²) in [5, 5.41) is 0.613. The topological polar surface area (TPSA) is 26.0 Å². The van der Waals surface area contributed by atoms with Crippen LogP contribution in [0.1, 0.15) is 10.9 Å². The van der Waals surface area contributed by atoms with Gasteiger partial charge in [0.05, 0.1) is 5.38 Å². The first kappa shape index (κ1) is 8.85. The van der Waals surface area contributed by atoms with Gasteiger partial charge in [-0.1, -0.05) is 23.7 Å². The molecule has 0 aliphatic heterocycles. The molecule has 0 aliphatic carbocycles. The summed E-state index contributed by atoms with van der Waals surface area (Å²) in [6.07, 6.45) is 0. The van der Waals surface area contributed by atoms with Crippen LogP contribution in [0.3, 0.4) is 0 Å². The molecule has 2 N–H and O–H groups in total. The zero-order chi connectivity index (χ0) is 8.27. The van der Waals surface area contributed by atoms with Crippen LogP contribution < -0.4 is 5.73 Å². The number of hydrogen-bond donors (Lipinski definition) is 1. The van der Waals surface area contributed by atoms with Crippen molar-refractivity contribution in [1.82, 2.24) is 0 Å². The van der Waals surface area contributed by atoms with Gasteiger partial charge < -0.3 is 5.73 Å². The quantitative estimate of drug-likeness (QED) is 0.712. The van der Waals surface area contributed by atoms with Crippen molar-refractivity contribution >= 4 is 23.2 Å². The molecule has 1 nitrogen and oxygen atoms in total. The van der Waals surface area contributed by atoms with Crippen LogP contribution in [0.25, 0.3) is 0 Å². The van der Waals surface area contributed by atoms with E-state index < -0.39 is 0 Å². The van der Waals surface area contributed by atoms with Crippen molar-refractivity contribution in [2.24, 2.45) is 5.73 Å². The van der Waals surface area contributed by atoms with E-state index in [1.165, 1.54) is 0 Å².